The number of ether oxygens (including phenoxy) is 1. The van der Waals surface area contributed by atoms with E-state index in [9.17, 15) is 4.79 Å². The number of thiocarbonyl (C=S) groups is 1. The Morgan fingerprint density at radius 3 is 2.67 bits per heavy atom. The van der Waals surface area contributed by atoms with E-state index < -0.39 is 0 Å². The lowest BCUT2D eigenvalue weighted by atomic mass is 10.1. The molecule has 168 valence electrons. The predicted octanol–water partition coefficient (Wildman–Crippen LogP) is 4.57. The highest BCUT2D eigenvalue weighted by atomic mass is 32.1. The molecule has 0 saturated heterocycles. The second kappa shape index (κ2) is 10.3. The van der Waals surface area contributed by atoms with Crippen LogP contribution in [0.3, 0.4) is 0 Å². The molecule has 0 aliphatic carbocycles. The minimum absolute atomic E-state index is 0.0254. The Bertz CT molecular complexity index is 1290. The molecule has 4 rings (SSSR count). The number of hydrogen-bond donors (Lipinski definition) is 2. The van der Waals surface area contributed by atoms with Gasteiger partial charge >= 0.3 is 0 Å². The number of rotatable bonds is 7. The van der Waals surface area contributed by atoms with Gasteiger partial charge in [0.25, 0.3) is 5.56 Å². The van der Waals surface area contributed by atoms with Crippen molar-refractivity contribution in [1.29, 1.82) is 0 Å². The van der Waals surface area contributed by atoms with Gasteiger partial charge in [-0.2, -0.15) is 0 Å². The van der Waals surface area contributed by atoms with Gasteiger partial charge in [0.05, 0.1) is 25.2 Å². The molecule has 0 spiro atoms. The highest BCUT2D eigenvalue weighted by molar-refractivity contribution is 7.80. The third-order valence-electron chi connectivity index (χ3n) is 5.51. The molecule has 1 atom stereocenters. The summed E-state index contributed by atoms with van der Waals surface area (Å²) in [7, 11) is 1.61. The Kier molecular flexibility index (Phi) is 7.00. The second-order valence-corrected chi connectivity index (χ2v) is 8.26. The Morgan fingerprint density at radius 2 is 1.94 bits per heavy atom. The van der Waals surface area contributed by atoms with Crippen LogP contribution in [0.1, 0.15) is 29.7 Å². The summed E-state index contributed by atoms with van der Waals surface area (Å²) in [5, 5.41) is 4.92. The van der Waals surface area contributed by atoms with Crippen molar-refractivity contribution in [1.82, 2.24) is 20.2 Å². The van der Waals surface area contributed by atoms with Gasteiger partial charge in [-0.1, -0.05) is 36.4 Å². The zero-order valence-electron chi connectivity index (χ0n) is 18.6. The molecular formula is C26H26N4O2S. The fraction of sp³-hybridized carbons (Fsp3) is 0.192. The normalized spacial score (nSPS) is 11.7. The van der Waals surface area contributed by atoms with Gasteiger partial charge in [-0.3, -0.25) is 9.78 Å². The standard InChI is InChI=1S/C26H26N4O2S/c1-18(20-8-4-3-5-9-20)28-26(33)30(16-19-7-6-12-27-15-19)17-22-13-21-10-11-23(32-2)14-24(21)29-25(22)31/h3-15,18H,16-17H2,1-2H3,(H,28,33)(H,29,31)/t18-/m1/s1. The maximum atomic E-state index is 12.9. The van der Waals surface area contributed by atoms with Crippen molar-refractivity contribution in [3.8, 4) is 5.75 Å². The third kappa shape index (κ3) is 5.56. The van der Waals surface area contributed by atoms with Gasteiger partial charge in [0.2, 0.25) is 0 Å². The molecule has 0 aliphatic heterocycles. The quantitative estimate of drug-likeness (QED) is 0.396. The summed E-state index contributed by atoms with van der Waals surface area (Å²) in [5.74, 6) is 0.699. The Labute approximate surface area is 198 Å². The minimum atomic E-state index is -0.147. The molecule has 6 nitrogen and oxygen atoms in total. The molecule has 2 aromatic carbocycles. The summed E-state index contributed by atoms with van der Waals surface area (Å²) in [5.41, 5.74) is 3.37. The van der Waals surface area contributed by atoms with E-state index in [1.165, 1.54) is 0 Å². The monoisotopic (exact) mass is 458 g/mol. The summed E-state index contributed by atoms with van der Waals surface area (Å²) in [6.07, 6.45) is 3.55. The number of benzene rings is 2. The number of aromatic nitrogens is 2. The van der Waals surface area contributed by atoms with E-state index in [0.29, 0.717) is 29.5 Å². The van der Waals surface area contributed by atoms with Crippen molar-refractivity contribution >= 4 is 28.2 Å². The zero-order valence-corrected chi connectivity index (χ0v) is 19.4. The van der Waals surface area contributed by atoms with Crippen LogP contribution in [0.5, 0.6) is 5.75 Å². The number of pyridine rings is 2. The first-order chi connectivity index (χ1) is 16.0. The van der Waals surface area contributed by atoms with Crippen molar-refractivity contribution in [2.45, 2.75) is 26.1 Å². The number of hydrogen-bond acceptors (Lipinski definition) is 4. The van der Waals surface area contributed by atoms with Crippen molar-refractivity contribution in [3.05, 3.63) is 106 Å². The van der Waals surface area contributed by atoms with E-state index in [0.717, 1.165) is 22.0 Å². The summed E-state index contributed by atoms with van der Waals surface area (Å²) in [6.45, 7) is 2.96. The predicted molar refractivity (Wildman–Crippen MR) is 135 cm³/mol. The molecule has 0 fully saturated rings. The first-order valence-electron chi connectivity index (χ1n) is 10.7. The topological polar surface area (TPSA) is 70.2 Å². The lowest BCUT2D eigenvalue weighted by Gasteiger charge is -2.28. The van der Waals surface area contributed by atoms with Crippen LogP contribution in [0.15, 0.2) is 83.9 Å². The number of fused-ring (bicyclic) bond motifs is 1. The lowest BCUT2D eigenvalue weighted by molar-refractivity contribution is 0.391. The number of nitrogens with one attached hydrogen (secondary N) is 2. The van der Waals surface area contributed by atoms with Crippen molar-refractivity contribution in [2.75, 3.05) is 7.11 Å². The summed E-state index contributed by atoms with van der Waals surface area (Å²) >= 11 is 5.79. The average Bonchev–Trinajstić information content (AvgIpc) is 2.84. The number of methoxy groups -OCH3 is 1. The Balaban J connectivity index is 1.61. The molecule has 0 amide bonds. The number of nitrogens with zero attached hydrogens (tertiary/aromatic N) is 2. The van der Waals surface area contributed by atoms with Crippen LogP contribution in [-0.2, 0) is 13.1 Å². The van der Waals surface area contributed by atoms with Gasteiger partial charge in [0.1, 0.15) is 5.75 Å². The van der Waals surface area contributed by atoms with Gasteiger partial charge in [0.15, 0.2) is 5.11 Å². The SMILES string of the molecule is COc1ccc2cc(CN(Cc3cccnc3)C(=S)N[C@H](C)c3ccccc3)c(=O)[nH]c2c1. The number of aromatic amines is 1. The molecule has 7 heteroatoms. The molecule has 33 heavy (non-hydrogen) atoms. The van der Waals surface area contributed by atoms with Crippen LogP contribution < -0.4 is 15.6 Å². The largest absolute Gasteiger partial charge is 0.497 e. The maximum absolute atomic E-state index is 12.9. The van der Waals surface area contributed by atoms with Crippen LogP contribution in [0.4, 0.5) is 0 Å². The van der Waals surface area contributed by atoms with Gasteiger partial charge in [-0.05, 0) is 59.9 Å². The molecule has 4 aromatic rings. The molecule has 0 radical (unpaired) electrons. The van der Waals surface area contributed by atoms with Gasteiger partial charge in [-0.15, -0.1) is 0 Å². The fourth-order valence-corrected chi connectivity index (χ4v) is 3.99. The average molecular weight is 459 g/mol. The highest BCUT2D eigenvalue weighted by Crippen LogP contribution is 2.20. The molecule has 0 aliphatic rings. The molecule has 2 N–H and O–H groups in total. The molecular weight excluding hydrogens is 432 g/mol. The summed E-state index contributed by atoms with van der Waals surface area (Å²) in [6, 6.07) is 21.6. The zero-order chi connectivity index (χ0) is 23.2. The smallest absolute Gasteiger partial charge is 0.253 e. The van der Waals surface area contributed by atoms with E-state index in [4.69, 9.17) is 17.0 Å². The van der Waals surface area contributed by atoms with Crippen molar-refractivity contribution < 1.29 is 4.74 Å². The molecule has 0 unspecified atom stereocenters. The van der Waals surface area contributed by atoms with Crippen LogP contribution in [0, 0.1) is 0 Å². The Morgan fingerprint density at radius 1 is 1.12 bits per heavy atom. The third-order valence-corrected chi connectivity index (χ3v) is 5.89. The summed E-state index contributed by atoms with van der Waals surface area (Å²) < 4.78 is 5.27. The molecule has 0 saturated carbocycles. The molecule has 0 bridgehead atoms. The first-order valence-corrected chi connectivity index (χ1v) is 11.1. The first kappa shape index (κ1) is 22.5. The van der Waals surface area contributed by atoms with Crippen LogP contribution >= 0.6 is 12.2 Å². The fourth-order valence-electron chi connectivity index (χ4n) is 3.69. The van der Waals surface area contributed by atoms with Crippen molar-refractivity contribution in [2.24, 2.45) is 0 Å². The number of H-pyrrole nitrogens is 1. The van der Waals surface area contributed by atoms with E-state index in [2.05, 4.69) is 34.3 Å². The van der Waals surface area contributed by atoms with E-state index in [-0.39, 0.29) is 11.6 Å². The molecule has 2 heterocycles. The molecule has 2 aromatic heterocycles. The van der Waals surface area contributed by atoms with Gasteiger partial charge in [0, 0.05) is 30.6 Å². The van der Waals surface area contributed by atoms with Gasteiger partial charge < -0.3 is 19.9 Å². The van der Waals surface area contributed by atoms with E-state index >= 15 is 0 Å². The van der Waals surface area contributed by atoms with E-state index in [1.54, 1.807) is 13.3 Å². The Hall–Kier alpha value is -3.71. The van der Waals surface area contributed by atoms with Gasteiger partial charge in [-0.25, -0.2) is 0 Å². The second-order valence-electron chi connectivity index (χ2n) is 7.88. The summed E-state index contributed by atoms with van der Waals surface area (Å²) in [4.78, 5) is 22.1. The minimum Gasteiger partial charge on any atom is -0.497 e. The van der Waals surface area contributed by atoms with E-state index in [1.807, 2.05) is 65.7 Å². The lowest BCUT2D eigenvalue weighted by Crippen LogP contribution is -2.41. The van der Waals surface area contributed by atoms with Crippen molar-refractivity contribution in [3.63, 3.8) is 0 Å². The van der Waals surface area contributed by atoms with Crippen LogP contribution in [-0.4, -0.2) is 27.1 Å². The van der Waals surface area contributed by atoms with Crippen LogP contribution in [0.2, 0.25) is 0 Å². The maximum Gasteiger partial charge on any atom is 0.253 e. The highest BCUT2D eigenvalue weighted by Gasteiger charge is 2.17. The van der Waals surface area contributed by atoms with Crippen LogP contribution in [0.25, 0.3) is 10.9 Å².